The molecule has 23 heavy (non-hydrogen) atoms. The summed E-state index contributed by atoms with van der Waals surface area (Å²) in [4.78, 5) is 14.1. The van der Waals surface area contributed by atoms with Gasteiger partial charge in [0.15, 0.2) is 0 Å². The average molecular weight is 324 g/mol. The molecule has 0 aromatic heterocycles. The van der Waals surface area contributed by atoms with Gasteiger partial charge in [0.2, 0.25) is 5.91 Å². The van der Waals surface area contributed by atoms with Gasteiger partial charge in [-0.15, -0.1) is 0 Å². The molecule has 0 atom stereocenters. The third kappa shape index (κ3) is 13.4. The van der Waals surface area contributed by atoms with Crippen molar-refractivity contribution in [3.63, 3.8) is 0 Å². The van der Waals surface area contributed by atoms with Crippen molar-refractivity contribution in [1.82, 2.24) is 4.90 Å². The molecular formula is C21H41NO. The van der Waals surface area contributed by atoms with E-state index in [1.807, 2.05) is 11.8 Å². The van der Waals surface area contributed by atoms with Crippen LogP contribution in [0, 0.1) is 0 Å². The highest BCUT2D eigenvalue weighted by molar-refractivity contribution is 5.92. The molecule has 2 nitrogen and oxygen atoms in total. The first-order valence-electron chi connectivity index (χ1n) is 10.1. The van der Waals surface area contributed by atoms with E-state index in [1.165, 1.54) is 64.2 Å². The number of carbonyl (C=O) groups is 1. The highest BCUT2D eigenvalue weighted by atomic mass is 16.2. The average Bonchev–Trinajstić information content (AvgIpc) is 2.54. The fourth-order valence-corrected chi connectivity index (χ4v) is 2.90. The second-order valence-electron chi connectivity index (χ2n) is 6.96. The lowest BCUT2D eigenvalue weighted by atomic mass is 10.1. The summed E-state index contributed by atoms with van der Waals surface area (Å²) < 4.78 is 0. The normalized spacial score (nSPS) is 10.7. The van der Waals surface area contributed by atoms with Crippen molar-refractivity contribution in [1.29, 1.82) is 0 Å². The fourth-order valence-electron chi connectivity index (χ4n) is 2.90. The van der Waals surface area contributed by atoms with Gasteiger partial charge in [-0.05, 0) is 19.8 Å². The number of nitrogens with zero attached hydrogens (tertiary/aromatic N) is 1. The molecule has 0 saturated heterocycles. The first-order chi connectivity index (χ1) is 11.1. The van der Waals surface area contributed by atoms with Crippen molar-refractivity contribution in [2.75, 3.05) is 13.1 Å². The van der Waals surface area contributed by atoms with Crippen LogP contribution in [0.5, 0.6) is 0 Å². The molecule has 136 valence electrons. The van der Waals surface area contributed by atoms with E-state index < -0.39 is 0 Å². The van der Waals surface area contributed by atoms with Crippen molar-refractivity contribution >= 4 is 5.91 Å². The Kier molecular flexibility index (Phi) is 15.5. The molecule has 0 aromatic rings. The second-order valence-corrected chi connectivity index (χ2v) is 6.96. The number of hydrogen-bond donors (Lipinski definition) is 0. The fraction of sp³-hybridized carbons (Fsp3) is 0.857. The van der Waals surface area contributed by atoms with Gasteiger partial charge in [0, 0.05) is 18.7 Å². The zero-order chi connectivity index (χ0) is 17.3. The Bertz CT molecular complexity index is 298. The number of unbranched alkanes of at least 4 members (excludes halogenated alkanes) is 11. The van der Waals surface area contributed by atoms with Crippen molar-refractivity contribution in [3.8, 4) is 0 Å². The van der Waals surface area contributed by atoms with Gasteiger partial charge < -0.3 is 4.90 Å². The maximum absolute atomic E-state index is 12.1. The summed E-state index contributed by atoms with van der Waals surface area (Å²) in [5.41, 5.74) is 0.671. The highest BCUT2D eigenvalue weighted by Crippen LogP contribution is 2.12. The van der Waals surface area contributed by atoms with E-state index in [0.29, 0.717) is 5.57 Å². The van der Waals surface area contributed by atoms with Gasteiger partial charge in [0.25, 0.3) is 0 Å². The first-order valence-corrected chi connectivity index (χ1v) is 10.1. The summed E-state index contributed by atoms with van der Waals surface area (Å²) in [5.74, 6) is 0.144. The van der Waals surface area contributed by atoms with Crippen LogP contribution in [0.1, 0.15) is 104 Å². The van der Waals surface area contributed by atoms with Crippen LogP contribution >= 0.6 is 0 Å². The van der Waals surface area contributed by atoms with E-state index in [-0.39, 0.29) is 5.91 Å². The minimum absolute atomic E-state index is 0.144. The van der Waals surface area contributed by atoms with Crippen LogP contribution in [0.2, 0.25) is 0 Å². The quantitative estimate of drug-likeness (QED) is 0.234. The molecule has 0 N–H and O–H groups in total. The van der Waals surface area contributed by atoms with Gasteiger partial charge in [-0.2, -0.15) is 0 Å². The van der Waals surface area contributed by atoms with Crippen molar-refractivity contribution in [3.05, 3.63) is 12.2 Å². The molecule has 0 spiro atoms. The molecule has 0 unspecified atom stereocenters. The molecule has 0 fully saturated rings. The Balaban J connectivity index is 3.58. The number of hydrogen-bond acceptors (Lipinski definition) is 1. The molecule has 0 aliphatic heterocycles. The Morgan fingerprint density at radius 3 is 1.52 bits per heavy atom. The van der Waals surface area contributed by atoms with Crippen LogP contribution in [0.3, 0.4) is 0 Å². The molecule has 0 rings (SSSR count). The topological polar surface area (TPSA) is 20.3 Å². The lowest BCUT2D eigenvalue weighted by Crippen LogP contribution is -2.33. The van der Waals surface area contributed by atoms with E-state index >= 15 is 0 Å². The van der Waals surface area contributed by atoms with Crippen LogP contribution in [-0.2, 0) is 4.79 Å². The predicted octanol–water partition coefficient (Wildman–Crippen LogP) is 6.50. The van der Waals surface area contributed by atoms with E-state index in [9.17, 15) is 4.79 Å². The van der Waals surface area contributed by atoms with Crippen LogP contribution in [0.15, 0.2) is 12.2 Å². The molecule has 0 saturated carbocycles. The van der Waals surface area contributed by atoms with E-state index in [2.05, 4.69) is 20.4 Å². The first kappa shape index (κ1) is 22.2. The monoisotopic (exact) mass is 323 g/mol. The summed E-state index contributed by atoms with van der Waals surface area (Å²) in [5, 5.41) is 0. The molecule has 0 aliphatic rings. The van der Waals surface area contributed by atoms with Crippen LogP contribution < -0.4 is 0 Å². The van der Waals surface area contributed by atoms with Gasteiger partial charge >= 0.3 is 0 Å². The lowest BCUT2D eigenvalue weighted by molar-refractivity contribution is -0.127. The largest absolute Gasteiger partial charge is 0.339 e. The Morgan fingerprint density at radius 2 is 1.09 bits per heavy atom. The molecule has 2 heteroatoms. The van der Waals surface area contributed by atoms with E-state index in [0.717, 1.165) is 32.4 Å². The van der Waals surface area contributed by atoms with Gasteiger partial charge in [0.05, 0.1) is 0 Å². The van der Waals surface area contributed by atoms with Gasteiger partial charge in [0.1, 0.15) is 0 Å². The molecule has 0 bridgehead atoms. The zero-order valence-electron chi connectivity index (χ0n) is 16.2. The molecule has 0 heterocycles. The van der Waals surface area contributed by atoms with Crippen molar-refractivity contribution in [2.24, 2.45) is 0 Å². The molecular weight excluding hydrogens is 282 g/mol. The van der Waals surface area contributed by atoms with Crippen LogP contribution in [0.25, 0.3) is 0 Å². The summed E-state index contributed by atoms with van der Waals surface area (Å²) in [6.07, 6.45) is 17.1. The number of carbonyl (C=O) groups excluding carboxylic acids is 1. The Morgan fingerprint density at radius 1 is 0.696 bits per heavy atom. The van der Waals surface area contributed by atoms with E-state index in [4.69, 9.17) is 0 Å². The number of amides is 1. The molecule has 0 aromatic carbocycles. The van der Waals surface area contributed by atoms with Gasteiger partial charge in [-0.3, -0.25) is 4.79 Å². The van der Waals surface area contributed by atoms with Gasteiger partial charge in [-0.25, -0.2) is 0 Å². The second kappa shape index (κ2) is 16.1. The number of rotatable bonds is 16. The van der Waals surface area contributed by atoms with E-state index in [1.54, 1.807) is 0 Å². The standard InChI is InChI=1S/C21H41NO/c1-5-7-9-10-11-12-13-14-15-16-17-19-22(18-8-6-2)21(23)20(3)4/h3,5-19H2,1-2,4H3. The minimum atomic E-state index is 0.144. The smallest absolute Gasteiger partial charge is 0.248 e. The summed E-state index contributed by atoms with van der Waals surface area (Å²) in [6.45, 7) is 11.9. The Hall–Kier alpha value is -0.790. The SMILES string of the molecule is C=C(C)C(=O)N(CCCC)CCCCCCCCCCCCC. The summed E-state index contributed by atoms with van der Waals surface area (Å²) in [7, 11) is 0. The lowest BCUT2D eigenvalue weighted by Gasteiger charge is -2.22. The van der Waals surface area contributed by atoms with Gasteiger partial charge in [-0.1, -0.05) is 91.1 Å². The maximum Gasteiger partial charge on any atom is 0.248 e. The highest BCUT2D eigenvalue weighted by Gasteiger charge is 2.12. The molecule has 1 amide bonds. The summed E-state index contributed by atoms with van der Waals surface area (Å²) in [6, 6.07) is 0. The third-order valence-corrected chi connectivity index (χ3v) is 4.47. The van der Waals surface area contributed by atoms with Crippen LogP contribution in [0.4, 0.5) is 0 Å². The third-order valence-electron chi connectivity index (χ3n) is 4.47. The zero-order valence-corrected chi connectivity index (χ0v) is 16.2. The van der Waals surface area contributed by atoms with Crippen molar-refractivity contribution in [2.45, 2.75) is 104 Å². The maximum atomic E-state index is 12.1. The van der Waals surface area contributed by atoms with Crippen LogP contribution in [-0.4, -0.2) is 23.9 Å². The predicted molar refractivity (Wildman–Crippen MR) is 103 cm³/mol. The van der Waals surface area contributed by atoms with Crippen molar-refractivity contribution < 1.29 is 4.79 Å². The molecule has 0 aliphatic carbocycles. The minimum Gasteiger partial charge on any atom is -0.339 e. The Labute approximate surface area is 145 Å². The molecule has 0 radical (unpaired) electrons. The summed E-state index contributed by atoms with van der Waals surface area (Å²) >= 11 is 0.